The van der Waals surface area contributed by atoms with Crippen molar-refractivity contribution in [3.8, 4) is 0 Å². The van der Waals surface area contributed by atoms with E-state index in [1.54, 1.807) is 18.0 Å². The van der Waals surface area contributed by atoms with Crippen molar-refractivity contribution in [1.82, 2.24) is 24.1 Å². The predicted octanol–water partition coefficient (Wildman–Crippen LogP) is 3.74. The van der Waals surface area contributed by atoms with E-state index >= 15 is 0 Å². The van der Waals surface area contributed by atoms with Crippen LogP contribution in [-0.2, 0) is 12.3 Å². The van der Waals surface area contributed by atoms with Crippen molar-refractivity contribution in [3.05, 3.63) is 66.3 Å². The number of imidazole rings is 1. The van der Waals surface area contributed by atoms with E-state index in [4.69, 9.17) is 4.42 Å². The lowest BCUT2D eigenvalue weighted by Crippen LogP contribution is -2.05. The molecule has 6 nitrogen and oxygen atoms in total. The molecule has 25 heavy (non-hydrogen) atoms. The Morgan fingerprint density at radius 2 is 2.12 bits per heavy atom. The number of aromatic nitrogens is 5. The van der Waals surface area contributed by atoms with Gasteiger partial charge in [0.1, 0.15) is 17.2 Å². The minimum absolute atomic E-state index is 0.548. The molecule has 0 aliphatic heterocycles. The molecular weight excluding hydrogens is 334 g/mol. The van der Waals surface area contributed by atoms with Crippen LogP contribution in [0.1, 0.15) is 36.0 Å². The van der Waals surface area contributed by atoms with Crippen LogP contribution in [0.15, 0.2) is 58.6 Å². The molecule has 0 unspecified atom stereocenters. The zero-order chi connectivity index (χ0) is 16.6. The average molecular weight is 351 g/mol. The summed E-state index contributed by atoms with van der Waals surface area (Å²) in [6.07, 6.45) is 8.19. The highest BCUT2D eigenvalue weighted by Gasteiger charge is 2.30. The van der Waals surface area contributed by atoms with E-state index in [0.717, 1.165) is 33.8 Å². The molecule has 1 aliphatic rings. The van der Waals surface area contributed by atoms with Gasteiger partial charge in [-0.05, 0) is 37.1 Å². The summed E-state index contributed by atoms with van der Waals surface area (Å²) in [5.74, 6) is 3.32. The molecule has 0 N–H and O–H groups in total. The van der Waals surface area contributed by atoms with Gasteiger partial charge in [-0.3, -0.25) is 4.57 Å². The Hall–Kier alpha value is -2.54. The molecule has 0 spiro atoms. The molecule has 0 aromatic carbocycles. The molecule has 0 atom stereocenters. The van der Waals surface area contributed by atoms with Gasteiger partial charge in [0.2, 0.25) is 0 Å². The third kappa shape index (κ3) is 2.95. The molecule has 7 heteroatoms. The predicted molar refractivity (Wildman–Crippen MR) is 94.6 cm³/mol. The first-order chi connectivity index (χ1) is 12.4. The number of fused-ring (bicyclic) bond motifs is 1. The quantitative estimate of drug-likeness (QED) is 0.495. The zero-order valence-electron chi connectivity index (χ0n) is 13.6. The van der Waals surface area contributed by atoms with Crippen LogP contribution in [0.2, 0.25) is 0 Å². The van der Waals surface area contributed by atoms with Crippen molar-refractivity contribution >= 4 is 17.4 Å². The van der Waals surface area contributed by atoms with Gasteiger partial charge in [0, 0.05) is 24.1 Å². The van der Waals surface area contributed by atoms with Gasteiger partial charge in [-0.2, -0.15) is 0 Å². The second kappa shape index (κ2) is 6.07. The van der Waals surface area contributed by atoms with Crippen LogP contribution in [0.4, 0.5) is 0 Å². The summed E-state index contributed by atoms with van der Waals surface area (Å²) in [7, 11) is 0. The highest BCUT2D eigenvalue weighted by atomic mass is 32.2. The van der Waals surface area contributed by atoms with Crippen LogP contribution in [-0.4, -0.2) is 24.1 Å². The Bertz CT molecular complexity index is 967. The van der Waals surface area contributed by atoms with Crippen molar-refractivity contribution < 1.29 is 4.42 Å². The van der Waals surface area contributed by atoms with E-state index in [1.807, 2.05) is 40.9 Å². The van der Waals surface area contributed by atoms with Crippen LogP contribution in [0.5, 0.6) is 0 Å². The van der Waals surface area contributed by atoms with Gasteiger partial charge in [0.05, 0.1) is 18.5 Å². The van der Waals surface area contributed by atoms with Crippen LogP contribution in [0.3, 0.4) is 0 Å². The Balaban J connectivity index is 1.39. The van der Waals surface area contributed by atoms with Crippen LogP contribution < -0.4 is 0 Å². The van der Waals surface area contributed by atoms with Gasteiger partial charge >= 0.3 is 0 Å². The summed E-state index contributed by atoms with van der Waals surface area (Å²) >= 11 is 1.68. The van der Waals surface area contributed by atoms with Crippen molar-refractivity contribution in [1.29, 1.82) is 0 Å². The number of nitrogens with zero attached hydrogens (tertiary/aromatic N) is 5. The molecule has 126 valence electrons. The second-order valence-corrected chi connectivity index (χ2v) is 7.21. The molecule has 0 radical (unpaired) electrons. The molecule has 1 saturated carbocycles. The zero-order valence-corrected chi connectivity index (χ0v) is 14.4. The first-order valence-electron chi connectivity index (χ1n) is 8.38. The third-order valence-electron chi connectivity index (χ3n) is 4.35. The first kappa shape index (κ1) is 14.8. The highest BCUT2D eigenvalue weighted by Crippen LogP contribution is 2.40. The SMILES string of the molecule is c1coc(Cn2c(SCc3cn4ccccc4n3)nnc2C2CC2)c1. The van der Waals surface area contributed by atoms with Crippen molar-refractivity contribution in [2.24, 2.45) is 0 Å². The average Bonchev–Trinajstić information content (AvgIpc) is 3.05. The standard InChI is InChI=1S/C18H17N5OS/c1-2-8-22-10-14(19-16(22)5-1)12-25-18-21-20-17(13-6-7-13)23(18)11-15-4-3-9-24-15/h1-5,8-10,13H,6-7,11-12H2. The molecule has 4 heterocycles. The summed E-state index contributed by atoms with van der Waals surface area (Å²) in [4.78, 5) is 4.65. The maximum Gasteiger partial charge on any atom is 0.192 e. The van der Waals surface area contributed by atoms with Gasteiger partial charge < -0.3 is 8.82 Å². The lowest BCUT2D eigenvalue weighted by atomic mass is 10.3. The Morgan fingerprint density at radius 3 is 2.92 bits per heavy atom. The number of hydrogen-bond acceptors (Lipinski definition) is 5. The minimum Gasteiger partial charge on any atom is -0.467 e. The van der Waals surface area contributed by atoms with Gasteiger partial charge in [0.15, 0.2) is 5.16 Å². The molecule has 1 fully saturated rings. The first-order valence-corrected chi connectivity index (χ1v) is 9.36. The Labute approximate surface area is 148 Å². The highest BCUT2D eigenvalue weighted by molar-refractivity contribution is 7.98. The lowest BCUT2D eigenvalue weighted by molar-refractivity contribution is 0.478. The summed E-state index contributed by atoms with van der Waals surface area (Å²) < 4.78 is 9.75. The van der Waals surface area contributed by atoms with Crippen LogP contribution in [0, 0.1) is 0 Å². The minimum atomic E-state index is 0.548. The molecule has 1 aliphatic carbocycles. The Kier molecular flexibility index (Phi) is 3.59. The molecule has 5 rings (SSSR count). The molecule has 0 bridgehead atoms. The monoisotopic (exact) mass is 351 g/mol. The second-order valence-electron chi connectivity index (χ2n) is 6.27. The normalized spacial score (nSPS) is 14.4. The lowest BCUT2D eigenvalue weighted by Gasteiger charge is -2.07. The topological polar surface area (TPSA) is 61.2 Å². The maximum atomic E-state index is 5.52. The number of rotatable bonds is 6. The van der Waals surface area contributed by atoms with E-state index in [0.29, 0.717) is 12.5 Å². The largest absolute Gasteiger partial charge is 0.467 e. The van der Waals surface area contributed by atoms with Gasteiger partial charge in [0.25, 0.3) is 0 Å². The van der Waals surface area contributed by atoms with E-state index in [9.17, 15) is 0 Å². The van der Waals surface area contributed by atoms with Crippen LogP contribution >= 0.6 is 11.8 Å². The number of thioether (sulfide) groups is 1. The summed E-state index contributed by atoms with van der Waals surface area (Å²) in [6.45, 7) is 0.680. The molecule has 0 saturated heterocycles. The van der Waals surface area contributed by atoms with Gasteiger partial charge in [-0.25, -0.2) is 4.98 Å². The van der Waals surface area contributed by atoms with Crippen molar-refractivity contribution in [3.63, 3.8) is 0 Å². The van der Waals surface area contributed by atoms with E-state index in [2.05, 4.69) is 25.9 Å². The number of hydrogen-bond donors (Lipinski definition) is 0. The van der Waals surface area contributed by atoms with E-state index < -0.39 is 0 Å². The summed E-state index contributed by atoms with van der Waals surface area (Å²) in [5, 5.41) is 9.79. The van der Waals surface area contributed by atoms with E-state index in [-0.39, 0.29) is 0 Å². The molecule has 0 amide bonds. The van der Waals surface area contributed by atoms with Crippen molar-refractivity contribution in [2.75, 3.05) is 0 Å². The van der Waals surface area contributed by atoms with Gasteiger partial charge in [-0.15, -0.1) is 10.2 Å². The molecule has 4 aromatic rings. The van der Waals surface area contributed by atoms with Crippen molar-refractivity contribution in [2.45, 2.75) is 36.2 Å². The van der Waals surface area contributed by atoms with Crippen LogP contribution in [0.25, 0.3) is 5.65 Å². The van der Waals surface area contributed by atoms with E-state index in [1.165, 1.54) is 12.8 Å². The third-order valence-corrected chi connectivity index (χ3v) is 5.35. The van der Waals surface area contributed by atoms with Gasteiger partial charge in [-0.1, -0.05) is 17.8 Å². The molecule has 4 aromatic heterocycles. The molecular formula is C18H17N5OS. The summed E-state index contributed by atoms with van der Waals surface area (Å²) in [5.41, 5.74) is 2.01. The maximum absolute atomic E-state index is 5.52. The fraction of sp³-hybridized carbons (Fsp3) is 0.278. The fourth-order valence-electron chi connectivity index (χ4n) is 2.95. The fourth-order valence-corrected chi connectivity index (χ4v) is 3.78. The number of furan rings is 1. The Morgan fingerprint density at radius 1 is 1.16 bits per heavy atom. The smallest absolute Gasteiger partial charge is 0.192 e. The number of pyridine rings is 1. The summed E-state index contributed by atoms with van der Waals surface area (Å²) in [6, 6.07) is 9.93.